The highest BCUT2D eigenvalue weighted by atomic mass is 32.1. The van der Waals surface area contributed by atoms with Gasteiger partial charge in [0, 0.05) is 43.2 Å². The van der Waals surface area contributed by atoms with E-state index in [1.54, 1.807) is 13.3 Å². The van der Waals surface area contributed by atoms with Crippen LogP contribution in [0.25, 0.3) is 20.4 Å². The first-order valence-corrected chi connectivity index (χ1v) is 12.5. The highest BCUT2D eigenvalue weighted by Crippen LogP contribution is 2.46. The Hall–Kier alpha value is -3.17. The predicted octanol–water partition coefficient (Wildman–Crippen LogP) is 3.20. The number of fused-ring (bicyclic) bond motifs is 6. The van der Waals surface area contributed by atoms with Crippen LogP contribution in [-0.4, -0.2) is 52.8 Å². The van der Waals surface area contributed by atoms with Crippen LogP contribution < -0.4 is 20.7 Å². The molecule has 1 N–H and O–H groups in total. The molecule has 34 heavy (non-hydrogen) atoms. The van der Waals surface area contributed by atoms with Gasteiger partial charge in [-0.1, -0.05) is 6.07 Å². The molecule has 6 rings (SSSR count). The standard InChI is InChI=1S/C25H26N4O4S/c1-32-17-6-4-7-18-20(17)16-13-28(12-15(16)14-33-18)10-2-3-11-29-24(30)23-22(27-25(29)31)21-19(34-23)8-5-9-26-21/h4-9,15-16H,2-3,10-14H2,1H3,(H,27,31)/t15-,16-/m1/s1. The number of aromatic nitrogens is 3. The third-order valence-corrected chi connectivity index (χ3v) is 8.19. The Morgan fingerprint density at radius 2 is 2.06 bits per heavy atom. The molecule has 2 aliphatic rings. The van der Waals surface area contributed by atoms with Crippen molar-refractivity contribution in [1.82, 2.24) is 19.4 Å². The van der Waals surface area contributed by atoms with Crippen molar-refractivity contribution in [1.29, 1.82) is 0 Å². The van der Waals surface area contributed by atoms with Gasteiger partial charge in [0.15, 0.2) is 0 Å². The molecule has 0 unspecified atom stereocenters. The SMILES string of the molecule is COc1cccc2c1[C@@H]1CN(CCCCn3c(=O)[nH]c4c(sc5cccnc54)c3=O)C[C@@H]1CO2. The largest absolute Gasteiger partial charge is 0.496 e. The fourth-order valence-electron chi connectivity index (χ4n) is 5.42. The van der Waals surface area contributed by atoms with Gasteiger partial charge in [-0.3, -0.25) is 14.3 Å². The highest BCUT2D eigenvalue weighted by Gasteiger charge is 2.40. The van der Waals surface area contributed by atoms with E-state index in [4.69, 9.17) is 9.47 Å². The Morgan fingerprint density at radius 1 is 1.18 bits per heavy atom. The monoisotopic (exact) mass is 478 g/mol. The van der Waals surface area contributed by atoms with E-state index in [1.807, 2.05) is 30.3 Å². The molecule has 5 heterocycles. The topological polar surface area (TPSA) is 89.5 Å². The lowest BCUT2D eigenvalue weighted by Crippen LogP contribution is -2.34. The van der Waals surface area contributed by atoms with Crippen LogP contribution in [0.15, 0.2) is 46.1 Å². The number of pyridine rings is 1. The Balaban J connectivity index is 1.12. The number of nitrogens with zero attached hydrogens (tertiary/aromatic N) is 3. The van der Waals surface area contributed by atoms with Crippen molar-refractivity contribution in [3.8, 4) is 11.5 Å². The molecule has 0 saturated carbocycles. The minimum Gasteiger partial charge on any atom is -0.496 e. The minimum atomic E-state index is -0.365. The average molecular weight is 479 g/mol. The van der Waals surface area contributed by atoms with Gasteiger partial charge in [0.2, 0.25) is 0 Å². The van der Waals surface area contributed by atoms with E-state index >= 15 is 0 Å². The van der Waals surface area contributed by atoms with Crippen molar-refractivity contribution < 1.29 is 9.47 Å². The van der Waals surface area contributed by atoms with Gasteiger partial charge in [0.25, 0.3) is 5.56 Å². The normalized spacial score (nSPS) is 19.8. The first kappa shape index (κ1) is 21.4. The number of likely N-dealkylation sites (tertiary alicyclic amines) is 1. The van der Waals surface area contributed by atoms with Gasteiger partial charge in [-0.15, -0.1) is 11.3 Å². The molecule has 0 aliphatic carbocycles. The lowest BCUT2D eigenvalue weighted by molar-refractivity contribution is 0.209. The molecule has 9 heteroatoms. The highest BCUT2D eigenvalue weighted by molar-refractivity contribution is 7.25. The van der Waals surface area contributed by atoms with Gasteiger partial charge in [-0.25, -0.2) is 4.79 Å². The van der Waals surface area contributed by atoms with Gasteiger partial charge in [0.05, 0.1) is 23.9 Å². The molecule has 1 aromatic carbocycles. The number of hydrogen-bond acceptors (Lipinski definition) is 7. The summed E-state index contributed by atoms with van der Waals surface area (Å²) >= 11 is 1.38. The summed E-state index contributed by atoms with van der Waals surface area (Å²) in [4.78, 5) is 35.3. The summed E-state index contributed by atoms with van der Waals surface area (Å²) in [7, 11) is 1.71. The Bertz CT molecular complexity index is 1480. The zero-order chi connectivity index (χ0) is 23.2. The van der Waals surface area contributed by atoms with E-state index in [0.717, 1.165) is 55.3 Å². The summed E-state index contributed by atoms with van der Waals surface area (Å²) in [6.45, 7) is 4.04. The molecule has 2 atom stereocenters. The van der Waals surface area contributed by atoms with Crippen LogP contribution in [0.1, 0.15) is 24.3 Å². The third-order valence-electron chi connectivity index (χ3n) is 7.06. The maximum atomic E-state index is 13.0. The summed E-state index contributed by atoms with van der Waals surface area (Å²) in [5.74, 6) is 2.71. The van der Waals surface area contributed by atoms with Crippen LogP contribution >= 0.6 is 11.3 Å². The molecule has 1 saturated heterocycles. The summed E-state index contributed by atoms with van der Waals surface area (Å²) < 4.78 is 14.4. The Labute approximate surface area is 199 Å². The molecule has 0 spiro atoms. The van der Waals surface area contributed by atoms with Crippen LogP contribution in [0.4, 0.5) is 0 Å². The number of H-pyrrole nitrogens is 1. The summed E-state index contributed by atoms with van der Waals surface area (Å²) in [5.41, 5.74) is 1.82. The second kappa shape index (κ2) is 8.56. The fourth-order valence-corrected chi connectivity index (χ4v) is 6.49. The smallest absolute Gasteiger partial charge is 0.328 e. The van der Waals surface area contributed by atoms with Crippen LogP contribution in [0, 0.1) is 5.92 Å². The molecule has 1 fully saturated rings. The molecule has 3 aromatic heterocycles. The van der Waals surface area contributed by atoms with Crippen molar-refractivity contribution in [3.05, 3.63) is 62.9 Å². The summed E-state index contributed by atoms with van der Waals surface area (Å²) in [5, 5.41) is 0. The Morgan fingerprint density at radius 3 is 2.94 bits per heavy atom. The van der Waals surface area contributed by atoms with Crippen molar-refractivity contribution >= 4 is 31.8 Å². The predicted molar refractivity (Wildman–Crippen MR) is 132 cm³/mol. The average Bonchev–Trinajstić information content (AvgIpc) is 3.44. The summed E-state index contributed by atoms with van der Waals surface area (Å²) in [6.07, 6.45) is 3.35. The van der Waals surface area contributed by atoms with Crippen molar-refractivity contribution in [2.24, 2.45) is 5.92 Å². The van der Waals surface area contributed by atoms with Crippen molar-refractivity contribution in [3.63, 3.8) is 0 Å². The lowest BCUT2D eigenvalue weighted by Gasteiger charge is -2.29. The molecule has 0 bridgehead atoms. The first-order chi connectivity index (χ1) is 16.6. The molecular formula is C25H26N4O4S. The van der Waals surface area contributed by atoms with Crippen LogP contribution in [-0.2, 0) is 6.54 Å². The second-order valence-corrected chi connectivity index (χ2v) is 10.1. The zero-order valence-corrected chi connectivity index (χ0v) is 19.8. The quantitative estimate of drug-likeness (QED) is 0.428. The number of benzene rings is 1. The van der Waals surface area contributed by atoms with Crippen LogP contribution in [0.2, 0.25) is 0 Å². The van der Waals surface area contributed by atoms with E-state index in [-0.39, 0.29) is 11.2 Å². The van der Waals surface area contributed by atoms with Gasteiger partial charge >= 0.3 is 5.69 Å². The second-order valence-electron chi connectivity index (χ2n) is 9.06. The number of hydrogen-bond donors (Lipinski definition) is 1. The number of thiophene rings is 1. The van der Waals surface area contributed by atoms with Gasteiger partial charge in [-0.05, 0) is 43.7 Å². The van der Waals surface area contributed by atoms with Gasteiger partial charge < -0.3 is 19.4 Å². The molecule has 0 amide bonds. The van der Waals surface area contributed by atoms with Crippen molar-refractivity contribution in [2.75, 3.05) is 33.4 Å². The molecule has 4 aromatic rings. The number of ether oxygens (including phenoxy) is 2. The molecule has 0 radical (unpaired) electrons. The maximum Gasteiger partial charge on any atom is 0.328 e. The first-order valence-electron chi connectivity index (χ1n) is 11.7. The van der Waals surface area contributed by atoms with Gasteiger partial charge in [0.1, 0.15) is 21.7 Å². The third kappa shape index (κ3) is 3.50. The summed E-state index contributed by atoms with van der Waals surface area (Å²) in [6, 6.07) is 9.76. The van der Waals surface area contributed by atoms with E-state index in [2.05, 4.69) is 14.9 Å². The van der Waals surface area contributed by atoms with Crippen LogP contribution in [0.3, 0.4) is 0 Å². The number of rotatable bonds is 6. The molecular weight excluding hydrogens is 452 g/mol. The fraction of sp³-hybridized carbons (Fsp3) is 0.400. The van der Waals surface area contributed by atoms with E-state index in [0.29, 0.717) is 34.1 Å². The van der Waals surface area contributed by atoms with E-state index < -0.39 is 0 Å². The number of methoxy groups -OCH3 is 1. The maximum absolute atomic E-state index is 13.0. The Kier molecular flexibility index (Phi) is 5.38. The number of aromatic amines is 1. The van der Waals surface area contributed by atoms with Crippen molar-refractivity contribution in [2.45, 2.75) is 25.3 Å². The van der Waals surface area contributed by atoms with E-state index in [1.165, 1.54) is 21.5 Å². The number of nitrogens with one attached hydrogen (secondary N) is 1. The minimum absolute atomic E-state index is 0.227. The zero-order valence-electron chi connectivity index (χ0n) is 19.0. The van der Waals surface area contributed by atoms with E-state index in [9.17, 15) is 9.59 Å². The number of unbranched alkanes of at least 4 members (excludes halogenated alkanes) is 1. The van der Waals surface area contributed by atoms with Crippen LogP contribution in [0.5, 0.6) is 11.5 Å². The van der Waals surface area contributed by atoms with Gasteiger partial charge in [-0.2, -0.15) is 0 Å². The molecule has 2 aliphatic heterocycles. The molecule has 176 valence electrons. The lowest BCUT2D eigenvalue weighted by atomic mass is 9.86. The molecule has 8 nitrogen and oxygen atoms in total.